The topological polar surface area (TPSA) is 40.5 Å². The monoisotopic (exact) mass is 333 g/mol. The predicted molar refractivity (Wildman–Crippen MR) is 84.3 cm³/mol. The van der Waals surface area contributed by atoms with Crippen molar-refractivity contribution in [3.05, 3.63) is 58.1 Å². The molecule has 0 unspecified atom stereocenters. The molecule has 0 aliphatic rings. The summed E-state index contributed by atoms with van der Waals surface area (Å²) in [6.45, 7) is 4.36. The number of phenolic OH excluding ortho intramolecular Hbond substituents is 1. The van der Waals surface area contributed by atoms with Crippen molar-refractivity contribution in [3.63, 3.8) is 0 Å². The zero-order chi connectivity index (χ0) is 14.7. The smallest absolute Gasteiger partial charge is 0.258 e. The number of benzene rings is 2. The first-order valence-electron chi connectivity index (χ1n) is 6.40. The van der Waals surface area contributed by atoms with E-state index in [0.29, 0.717) is 17.8 Å². The molecule has 3 nitrogen and oxygen atoms in total. The average molecular weight is 334 g/mol. The molecule has 0 fully saturated rings. The van der Waals surface area contributed by atoms with Crippen molar-refractivity contribution >= 4 is 27.5 Å². The zero-order valence-corrected chi connectivity index (χ0v) is 13.0. The number of nitrogens with zero attached hydrogens (tertiary/aromatic N) is 1. The van der Waals surface area contributed by atoms with Crippen molar-refractivity contribution in [2.24, 2.45) is 0 Å². The molecule has 1 N–H and O–H groups in total. The number of halogens is 1. The quantitative estimate of drug-likeness (QED) is 0.917. The molecule has 0 heterocycles. The molecular weight excluding hydrogens is 318 g/mol. The third-order valence-corrected chi connectivity index (χ3v) is 3.63. The largest absolute Gasteiger partial charge is 0.508 e. The summed E-state index contributed by atoms with van der Waals surface area (Å²) in [5.74, 6) is 0.0802. The highest BCUT2D eigenvalue weighted by molar-refractivity contribution is 9.10. The standard InChI is InChI=1S/C16H16BrNO2/c1-3-18(13-5-4-6-14(19)10-13)16(20)15-9-12(17)8-7-11(15)2/h4-10,19H,3H2,1-2H3. The molecule has 0 aliphatic carbocycles. The number of hydrogen-bond donors (Lipinski definition) is 1. The first-order valence-corrected chi connectivity index (χ1v) is 7.19. The van der Waals surface area contributed by atoms with E-state index >= 15 is 0 Å². The van der Waals surface area contributed by atoms with Gasteiger partial charge in [-0.2, -0.15) is 0 Å². The lowest BCUT2D eigenvalue weighted by atomic mass is 10.1. The number of carbonyl (C=O) groups excluding carboxylic acids is 1. The van der Waals surface area contributed by atoms with Crippen LogP contribution in [0.25, 0.3) is 0 Å². The van der Waals surface area contributed by atoms with E-state index in [1.807, 2.05) is 38.1 Å². The summed E-state index contributed by atoms with van der Waals surface area (Å²) in [6.07, 6.45) is 0. The van der Waals surface area contributed by atoms with Crippen LogP contribution in [0, 0.1) is 6.92 Å². The summed E-state index contributed by atoms with van der Waals surface area (Å²) in [4.78, 5) is 14.3. The fourth-order valence-electron chi connectivity index (χ4n) is 2.07. The first-order chi connectivity index (χ1) is 9.52. The predicted octanol–water partition coefficient (Wildman–Crippen LogP) is 4.13. The minimum atomic E-state index is -0.0723. The summed E-state index contributed by atoms with van der Waals surface area (Å²) >= 11 is 3.39. The maximum atomic E-state index is 12.7. The van der Waals surface area contributed by atoms with Crippen LogP contribution < -0.4 is 4.90 Å². The lowest BCUT2D eigenvalue weighted by Gasteiger charge is -2.22. The summed E-state index contributed by atoms with van der Waals surface area (Å²) in [5.41, 5.74) is 2.28. The third kappa shape index (κ3) is 3.02. The Morgan fingerprint density at radius 3 is 2.65 bits per heavy atom. The van der Waals surface area contributed by atoms with Crippen molar-refractivity contribution in [2.75, 3.05) is 11.4 Å². The maximum absolute atomic E-state index is 12.7. The Morgan fingerprint density at radius 2 is 2.00 bits per heavy atom. The van der Waals surface area contributed by atoms with Crippen LogP contribution in [-0.4, -0.2) is 17.6 Å². The van der Waals surface area contributed by atoms with Crippen molar-refractivity contribution < 1.29 is 9.90 Å². The second kappa shape index (κ2) is 6.09. The molecule has 0 atom stereocenters. The Kier molecular flexibility index (Phi) is 4.45. The molecule has 20 heavy (non-hydrogen) atoms. The van der Waals surface area contributed by atoms with Gasteiger partial charge in [-0.25, -0.2) is 0 Å². The number of carbonyl (C=O) groups is 1. The van der Waals surface area contributed by atoms with Gasteiger partial charge in [-0.05, 0) is 43.7 Å². The minimum absolute atomic E-state index is 0.0723. The van der Waals surface area contributed by atoms with Gasteiger partial charge >= 0.3 is 0 Å². The van der Waals surface area contributed by atoms with E-state index in [9.17, 15) is 9.90 Å². The second-order valence-corrected chi connectivity index (χ2v) is 5.44. The van der Waals surface area contributed by atoms with Gasteiger partial charge in [-0.1, -0.05) is 28.1 Å². The van der Waals surface area contributed by atoms with E-state index in [-0.39, 0.29) is 11.7 Å². The van der Waals surface area contributed by atoms with Crippen LogP contribution in [0.5, 0.6) is 5.75 Å². The molecule has 1 amide bonds. The van der Waals surface area contributed by atoms with Gasteiger partial charge in [0.15, 0.2) is 0 Å². The van der Waals surface area contributed by atoms with Gasteiger partial charge in [-0.15, -0.1) is 0 Å². The number of amides is 1. The first kappa shape index (κ1) is 14.6. The molecule has 4 heteroatoms. The van der Waals surface area contributed by atoms with Gasteiger partial charge in [0.25, 0.3) is 5.91 Å². The fraction of sp³-hybridized carbons (Fsp3) is 0.188. The van der Waals surface area contributed by atoms with Crippen LogP contribution in [0.2, 0.25) is 0 Å². The second-order valence-electron chi connectivity index (χ2n) is 4.53. The SMILES string of the molecule is CCN(C(=O)c1cc(Br)ccc1C)c1cccc(O)c1. The van der Waals surface area contributed by atoms with Crippen molar-refractivity contribution in [1.82, 2.24) is 0 Å². The number of aryl methyl sites for hydroxylation is 1. The normalized spacial score (nSPS) is 10.3. The van der Waals surface area contributed by atoms with Crippen LogP contribution in [0.15, 0.2) is 46.9 Å². The molecule has 2 rings (SSSR count). The van der Waals surface area contributed by atoms with Crippen molar-refractivity contribution in [3.8, 4) is 5.75 Å². The molecule has 0 saturated carbocycles. The summed E-state index contributed by atoms with van der Waals surface area (Å²) in [7, 11) is 0. The molecule has 0 saturated heterocycles. The van der Waals surface area contributed by atoms with E-state index in [4.69, 9.17) is 0 Å². The zero-order valence-electron chi connectivity index (χ0n) is 11.4. The van der Waals surface area contributed by atoms with Gasteiger partial charge in [0, 0.05) is 28.3 Å². The van der Waals surface area contributed by atoms with E-state index in [2.05, 4.69) is 15.9 Å². The van der Waals surface area contributed by atoms with Crippen LogP contribution in [0.3, 0.4) is 0 Å². The number of anilines is 1. The molecular formula is C16H16BrNO2. The van der Waals surface area contributed by atoms with E-state index in [1.54, 1.807) is 23.1 Å². The van der Waals surface area contributed by atoms with E-state index in [1.165, 1.54) is 0 Å². The van der Waals surface area contributed by atoms with Crippen LogP contribution in [0.1, 0.15) is 22.8 Å². The molecule has 0 spiro atoms. The summed E-state index contributed by atoms with van der Waals surface area (Å²) in [6, 6.07) is 12.4. The van der Waals surface area contributed by atoms with E-state index in [0.717, 1.165) is 10.0 Å². The number of phenols is 1. The molecule has 0 bridgehead atoms. The number of aromatic hydroxyl groups is 1. The number of rotatable bonds is 3. The Morgan fingerprint density at radius 1 is 1.25 bits per heavy atom. The highest BCUT2D eigenvalue weighted by Gasteiger charge is 2.18. The minimum Gasteiger partial charge on any atom is -0.508 e. The lowest BCUT2D eigenvalue weighted by Crippen LogP contribution is -2.31. The van der Waals surface area contributed by atoms with Crippen molar-refractivity contribution in [2.45, 2.75) is 13.8 Å². The average Bonchev–Trinajstić information content (AvgIpc) is 2.42. The molecule has 2 aromatic rings. The highest BCUT2D eigenvalue weighted by Crippen LogP contribution is 2.24. The lowest BCUT2D eigenvalue weighted by molar-refractivity contribution is 0.0987. The molecule has 2 aromatic carbocycles. The Hall–Kier alpha value is -1.81. The molecule has 0 aliphatic heterocycles. The van der Waals surface area contributed by atoms with Crippen LogP contribution >= 0.6 is 15.9 Å². The molecule has 0 radical (unpaired) electrons. The third-order valence-electron chi connectivity index (χ3n) is 3.13. The van der Waals surface area contributed by atoms with Gasteiger partial charge in [0.1, 0.15) is 5.75 Å². The van der Waals surface area contributed by atoms with Gasteiger partial charge in [0.05, 0.1) is 0 Å². The molecule has 104 valence electrons. The fourth-order valence-corrected chi connectivity index (χ4v) is 2.44. The molecule has 0 aromatic heterocycles. The Balaban J connectivity index is 2.41. The Bertz CT molecular complexity index is 640. The van der Waals surface area contributed by atoms with Crippen LogP contribution in [-0.2, 0) is 0 Å². The van der Waals surface area contributed by atoms with E-state index < -0.39 is 0 Å². The van der Waals surface area contributed by atoms with Crippen molar-refractivity contribution in [1.29, 1.82) is 0 Å². The van der Waals surface area contributed by atoms with Gasteiger partial charge in [-0.3, -0.25) is 4.79 Å². The summed E-state index contributed by atoms with van der Waals surface area (Å²) < 4.78 is 0.874. The Labute approximate surface area is 127 Å². The highest BCUT2D eigenvalue weighted by atomic mass is 79.9. The maximum Gasteiger partial charge on any atom is 0.258 e. The summed E-state index contributed by atoms with van der Waals surface area (Å²) in [5, 5.41) is 9.56. The van der Waals surface area contributed by atoms with Crippen LogP contribution in [0.4, 0.5) is 5.69 Å². The van der Waals surface area contributed by atoms with Gasteiger partial charge in [0.2, 0.25) is 0 Å². The number of hydrogen-bond acceptors (Lipinski definition) is 2. The van der Waals surface area contributed by atoms with Gasteiger partial charge < -0.3 is 10.0 Å².